The largest absolute Gasteiger partial charge is 0.483 e. The number of aromatic amines is 1. The van der Waals surface area contributed by atoms with Crippen molar-refractivity contribution >= 4 is 28.5 Å². The van der Waals surface area contributed by atoms with E-state index in [1.165, 1.54) is 27.8 Å². The molecule has 0 radical (unpaired) electrons. The number of H-pyrrole nitrogens is 1. The number of rotatable bonds is 11. The predicted molar refractivity (Wildman–Crippen MR) is 147 cm³/mol. The number of imidazole rings is 1. The number of ether oxygens (including phenoxy) is 1. The van der Waals surface area contributed by atoms with Gasteiger partial charge in [0.05, 0.1) is 12.1 Å². The Morgan fingerprint density at radius 3 is 2.67 bits per heavy atom. The monoisotopic (exact) mass is 549 g/mol. The summed E-state index contributed by atoms with van der Waals surface area (Å²) in [4.78, 5) is 45.6. The Hall–Kier alpha value is -4.80. The Kier molecular flexibility index (Phi) is 9.05. The first-order chi connectivity index (χ1) is 19.2. The summed E-state index contributed by atoms with van der Waals surface area (Å²) in [5.74, 6) is -2.74. The standard InChI is InChI=1S/C29H29F2N5O4/c1-35(2)25(38)14-8-4-7-13-24(37)33-21-12-9-15-36(29(21)39)17-23-32-22-16-20(30)26(31)28(27(22)34-23)40-18-19-10-5-3-6-11-19/h3,5-6,8-12,14-16H,4,7,13,17-18H2,1-2H3,(H,32,34)(H,33,37)/b14-8+. The van der Waals surface area contributed by atoms with Gasteiger partial charge in [-0.1, -0.05) is 36.4 Å². The first-order valence-electron chi connectivity index (χ1n) is 12.6. The van der Waals surface area contributed by atoms with Crippen molar-refractivity contribution in [1.82, 2.24) is 19.4 Å². The highest BCUT2D eigenvalue weighted by Crippen LogP contribution is 2.30. The normalized spacial score (nSPS) is 11.2. The first-order valence-corrected chi connectivity index (χ1v) is 12.6. The second kappa shape index (κ2) is 12.8. The van der Waals surface area contributed by atoms with Crippen molar-refractivity contribution in [2.75, 3.05) is 19.4 Å². The number of pyridine rings is 1. The van der Waals surface area contributed by atoms with Crippen molar-refractivity contribution in [3.05, 3.63) is 100 Å². The lowest BCUT2D eigenvalue weighted by atomic mass is 10.2. The molecule has 0 unspecified atom stereocenters. The van der Waals surface area contributed by atoms with Gasteiger partial charge in [0.1, 0.15) is 23.6 Å². The fourth-order valence-corrected chi connectivity index (χ4v) is 3.90. The molecule has 0 bridgehead atoms. The lowest BCUT2D eigenvalue weighted by Crippen LogP contribution is -2.26. The summed E-state index contributed by atoms with van der Waals surface area (Å²) in [6, 6.07) is 13.1. The number of anilines is 1. The van der Waals surface area contributed by atoms with Crippen LogP contribution in [0, 0.1) is 11.6 Å². The molecular weight excluding hydrogens is 520 g/mol. The zero-order valence-electron chi connectivity index (χ0n) is 22.1. The van der Waals surface area contributed by atoms with E-state index in [1.807, 2.05) is 18.2 Å². The minimum Gasteiger partial charge on any atom is -0.483 e. The van der Waals surface area contributed by atoms with E-state index in [-0.39, 0.29) is 59.7 Å². The van der Waals surface area contributed by atoms with Crippen molar-refractivity contribution in [1.29, 1.82) is 0 Å². The highest BCUT2D eigenvalue weighted by atomic mass is 19.2. The third kappa shape index (κ3) is 6.99. The van der Waals surface area contributed by atoms with Crippen molar-refractivity contribution < 1.29 is 23.1 Å². The Balaban J connectivity index is 1.44. The van der Waals surface area contributed by atoms with Gasteiger partial charge in [-0.3, -0.25) is 14.4 Å². The van der Waals surface area contributed by atoms with Crippen LogP contribution in [-0.2, 0) is 22.7 Å². The zero-order chi connectivity index (χ0) is 28.6. The van der Waals surface area contributed by atoms with Crippen LogP contribution in [-0.4, -0.2) is 45.3 Å². The summed E-state index contributed by atoms with van der Waals surface area (Å²) in [5, 5.41) is 2.62. The van der Waals surface area contributed by atoms with Gasteiger partial charge in [0.15, 0.2) is 11.6 Å². The molecule has 2 heterocycles. The molecule has 11 heteroatoms. The van der Waals surface area contributed by atoms with Gasteiger partial charge in [0.2, 0.25) is 17.6 Å². The Morgan fingerprint density at radius 2 is 1.93 bits per heavy atom. The van der Waals surface area contributed by atoms with E-state index in [1.54, 1.807) is 38.4 Å². The number of amides is 2. The van der Waals surface area contributed by atoms with Gasteiger partial charge in [-0.2, -0.15) is 4.39 Å². The Bertz CT molecular complexity index is 1600. The zero-order valence-corrected chi connectivity index (χ0v) is 22.1. The maximum Gasteiger partial charge on any atom is 0.274 e. The number of carbonyl (C=O) groups excluding carboxylic acids is 2. The molecule has 0 atom stereocenters. The van der Waals surface area contributed by atoms with Crippen molar-refractivity contribution in [2.45, 2.75) is 32.4 Å². The van der Waals surface area contributed by atoms with E-state index in [0.717, 1.165) is 11.6 Å². The number of allylic oxidation sites excluding steroid dienone is 1. The van der Waals surface area contributed by atoms with E-state index in [0.29, 0.717) is 12.8 Å². The summed E-state index contributed by atoms with van der Waals surface area (Å²) in [6.07, 6.45) is 5.88. The van der Waals surface area contributed by atoms with Crippen LogP contribution in [0.2, 0.25) is 0 Å². The second-order valence-corrected chi connectivity index (χ2v) is 9.28. The fraction of sp³-hybridized carbons (Fsp3) is 0.241. The van der Waals surface area contributed by atoms with Crippen LogP contribution in [0.3, 0.4) is 0 Å². The molecular formula is C29H29F2N5O4. The number of likely N-dealkylation sites (N-methyl/N-ethyl adjacent to an activating group) is 1. The van der Waals surface area contributed by atoms with Crippen molar-refractivity contribution in [2.24, 2.45) is 0 Å². The number of carbonyl (C=O) groups is 2. The number of nitrogens with zero attached hydrogens (tertiary/aromatic N) is 3. The van der Waals surface area contributed by atoms with Gasteiger partial charge in [0.25, 0.3) is 5.56 Å². The molecule has 0 saturated carbocycles. The molecule has 2 aromatic carbocycles. The highest BCUT2D eigenvalue weighted by molar-refractivity contribution is 5.90. The summed E-state index contributed by atoms with van der Waals surface area (Å²) < 4.78 is 35.9. The molecule has 0 saturated heterocycles. The molecule has 9 nitrogen and oxygen atoms in total. The van der Waals surface area contributed by atoms with E-state index in [2.05, 4.69) is 15.3 Å². The number of benzene rings is 2. The lowest BCUT2D eigenvalue weighted by Gasteiger charge is -2.09. The van der Waals surface area contributed by atoms with E-state index >= 15 is 0 Å². The highest BCUT2D eigenvalue weighted by Gasteiger charge is 2.19. The van der Waals surface area contributed by atoms with E-state index in [4.69, 9.17) is 4.74 Å². The van der Waals surface area contributed by atoms with Gasteiger partial charge < -0.3 is 24.5 Å². The van der Waals surface area contributed by atoms with Crippen LogP contribution in [0.1, 0.15) is 30.7 Å². The number of halogens is 2. The van der Waals surface area contributed by atoms with Gasteiger partial charge in [0, 0.05) is 32.8 Å². The molecule has 4 rings (SSSR count). The molecule has 0 fully saturated rings. The van der Waals surface area contributed by atoms with Crippen molar-refractivity contribution in [3.8, 4) is 5.75 Å². The average Bonchev–Trinajstić information content (AvgIpc) is 3.33. The Labute approximate surface area is 229 Å². The van der Waals surface area contributed by atoms with Crippen LogP contribution in [0.25, 0.3) is 11.0 Å². The molecule has 40 heavy (non-hydrogen) atoms. The second-order valence-electron chi connectivity index (χ2n) is 9.28. The van der Waals surface area contributed by atoms with Crippen LogP contribution >= 0.6 is 0 Å². The predicted octanol–water partition coefficient (Wildman–Crippen LogP) is 4.38. The van der Waals surface area contributed by atoms with Crippen LogP contribution in [0.4, 0.5) is 14.5 Å². The molecule has 0 aliphatic carbocycles. The quantitative estimate of drug-likeness (QED) is 0.213. The fourth-order valence-electron chi connectivity index (χ4n) is 3.90. The summed E-state index contributed by atoms with van der Waals surface area (Å²) in [7, 11) is 3.30. The number of hydrogen-bond acceptors (Lipinski definition) is 5. The summed E-state index contributed by atoms with van der Waals surface area (Å²) >= 11 is 0. The summed E-state index contributed by atoms with van der Waals surface area (Å²) in [6.45, 7) is -0.0142. The minimum absolute atomic E-state index is 0.0242. The molecule has 4 aromatic rings. The molecule has 0 spiro atoms. The smallest absolute Gasteiger partial charge is 0.274 e. The molecule has 2 aromatic heterocycles. The number of unbranched alkanes of at least 4 members (excludes halogenated alkanes) is 1. The van der Waals surface area contributed by atoms with Crippen LogP contribution in [0.15, 0.2) is 71.7 Å². The third-order valence-electron chi connectivity index (χ3n) is 6.00. The number of fused-ring (bicyclic) bond motifs is 1. The number of hydrogen-bond donors (Lipinski definition) is 2. The molecule has 2 amide bonds. The lowest BCUT2D eigenvalue weighted by molar-refractivity contribution is -0.123. The minimum atomic E-state index is -1.14. The number of nitrogens with one attached hydrogen (secondary N) is 2. The SMILES string of the molecule is CN(C)C(=O)/C=C/CCCC(=O)Nc1cccn(Cc2nc3cc(F)c(F)c(OCc4ccccc4)c3[nH]2)c1=O. The summed E-state index contributed by atoms with van der Waals surface area (Å²) in [5.41, 5.74) is 0.719. The van der Waals surface area contributed by atoms with Gasteiger partial charge >= 0.3 is 0 Å². The van der Waals surface area contributed by atoms with Crippen LogP contribution < -0.4 is 15.6 Å². The van der Waals surface area contributed by atoms with Gasteiger partial charge in [-0.05, 0) is 36.6 Å². The van der Waals surface area contributed by atoms with Crippen molar-refractivity contribution in [3.63, 3.8) is 0 Å². The van der Waals surface area contributed by atoms with Gasteiger partial charge in [-0.25, -0.2) is 9.37 Å². The molecule has 2 N–H and O–H groups in total. The van der Waals surface area contributed by atoms with Gasteiger partial charge in [-0.15, -0.1) is 0 Å². The maximum absolute atomic E-state index is 14.6. The first kappa shape index (κ1) is 28.2. The van der Waals surface area contributed by atoms with Crippen LogP contribution in [0.5, 0.6) is 5.75 Å². The van der Waals surface area contributed by atoms with E-state index in [9.17, 15) is 23.2 Å². The topological polar surface area (TPSA) is 109 Å². The maximum atomic E-state index is 14.6. The third-order valence-corrected chi connectivity index (χ3v) is 6.00. The molecule has 0 aliphatic rings. The molecule has 0 aliphatic heterocycles. The number of aromatic nitrogens is 3. The van der Waals surface area contributed by atoms with E-state index < -0.39 is 17.2 Å². The molecule has 208 valence electrons. The Morgan fingerprint density at radius 1 is 1.15 bits per heavy atom. The average molecular weight is 550 g/mol.